The van der Waals surface area contributed by atoms with Gasteiger partial charge in [0.1, 0.15) is 0 Å². The van der Waals surface area contributed by atoms with Crippen LogP contribution in [0.1, 0.15) is 55.5 Å². The average molecular weight is 293 g/mol. The van der Waals surface area contributed by atoms with E-state index in [1.807, 2.05) is 18.7 Å². The average Bonchev–Trinajstić information content (AvgIpc) is 2.92. The molecule has 0 aliphatic heterocycles. The van der Waals surface area contributed by atoms with Gasteiger partial charge in [0.25, 0.3) is 0 Å². The van der Waals surface area contributed by atoms with Crippen LogP contribution in [0.4, 0.5) is 0 Å². The molecule has 0 atom stereocenters. The van der Waals surface area contributed by atoms with Crippen molar-refractivity contribution in [3.63, 3.8) is 0 Å². The van der Waals surface area contributed by atoms with Crippen LogP contribution in [0.25, 0.3) is 0 Å². The first kappa shape index (κ1) is 16.0. The van der Waals surface area contributed by atoms with Gasteiger partial charge in [-0.25, -0.2) is 0 Å². The van der Waals surface area contributed by atoms with Gasteiger partial charge in [-0.3, -0.25) is 9.48 Å². The number of aryl methyl sites for hydroxylation is 2. The van der Waals surface area contributed by atoms with Crippen molar-refractivity contribution in [2.75, 3.05) is 6.54 Å². The molecule has 5 heteroatoms. The fraction of sp³-hybridized carbons (Fsp3) is 0.750. The van der Waals surface area contributed by atoms with E-state index < -0.39 is 5.60 Å². The van der Waals surface area contributed by atoms with Crippen molar-refractivity contribution in [2.24, 2.45) is 7.05 Å². The van der Waals surface area contributed by atoms with Crippen LogP contribution >= 0.6 is 0 Å². The largest absolute Gasteiger partial charge is 0.389 e. The Morgan fingerprint density at radius 2 is 2.05 bits per heavy atom. The lowest BCUT2D eigenvalue weighted by atomic mass is 9.97. The molecule has 1 heterocycles. The summed E-state index contributed by atoms with van der Waals surface area (Å²) >= 11 is 0. The minimum atomic E-state index is -0.749. The second kappa shape index (κ2) is 6.60. The third-order valence-electron chi connectivity index (χ3n) is 4.61. The summed E-state index contributed by atoms with van der Waals surface area (Å²) in [5, 5.41) is 17.5. The quantitative estimate of drug-likeness (QED) is 0.786. The van der Waals surface area contributed by atoms with Gasteiger partial charge < -0.3 is 10.4 Å². The topological polar surface area (TPSA) is 67.2 Å². The molecule has 0 radical (unpaired) electrons. The molecule has 0 bridgehead atoms. The highest BCUT2D eigenvalue weighted by atomic mass is 16.3. The molecule has 118 valence electrons. The van der Waals surface area contributed by atoms with Gasteiger partial charge in [-0.1, -0.05) is 12.8 Å². The second-order valence-electron chi connectivity index (χ2n) is 6.33. The molecule has 0 spiro atoms. The van der Waals surface area contributed by atoms with Crippen LogP contribution in [-0.4, -0.2) is 32.9 Å². The summed E-state index contributed by atoms with van der Waals surface area (Å²) in [4.78, 5) is 11.9. The lowest BCUT2D eigenvalue weighted by Gasteiger charge is -2.21. The Morgan fingerprint density at radius 1 is 1.38 bits per heavy atom. The van der Waals surface area contributed by atoms with Crippen molar-refractivity contribution in [1.29, 1.82) is 0 Å². The molecule has 2 rings (SSSR count). The number of rotatable bonds is 6. The van der Waals surface area contributed by atoms with Crippen LogP contribution in [0.3, 0.4) is 0 Å². The Balaban J connectivity index is 1.71. The van der Waals surface area contributed by atoms with Crippen molar-refractivity contribution < 1.29 is 9.90 Å². The molecule has 1 aliphatic rings. The van der Waals surface area contributed by atoms with E-state index in [0.29, 0.717) is 6.54 Å². The first-order chi connectivity index (χ1) is 9.91. The summed E-state index contributed by atoms with van der Waals surface area (Å²) in [7, 11) is 1.95. The fourth-order valence-electron chi connectivity index (χ4n) is 3.24. The number of hydrogen-bond acceptors (Lipinski definition) is 3. The summed E-state index contributed by atoms with van der Waals surface area (Å²) in [5.74, 6) is -0.0287. The summed E-state index contributed by atoms with van der Waals surface area (Å²) in [6.07, 6.45) is 5.65. The molecule has 0 unspecified atom stereocenters. The first-order valence-electron chi connectivity index (χ1n) is 7.89. The standard InChI is InChI=1S/C16H27N3O2/c1-12-14(13(2)19(3)18-12)7-6-10-17-15(20)11-16(21)8-4-5-9-16/h21H,4-11H2,1-3H3,(H,17,20). The van der Waals surface area contributed by atoms with Gasteiger partial charge in [0.2, 0.25) is 5.91 Å². The third-order valence-corrected chi connectivity index (χ3v) is 4.61. The number of nitrogens with one attached hydrogen (secondary N) is 1. The maximum absolute atomic E-state index is 11.9. The van der Waals surface area contributed by atoms with Crippen molar-refractivity contribution in [3.8, 4) is 0 Å². The molecule has 5 nitrogen and oxygen atoms in total. The van der Waals surface area contributed by atoms with Crippen molar-refractivity contribution in [1.82, 2.24) is 15.1 Å². The summed E-state index contributed by atoms with van der Waals surface area (Å²) in [6, 6.07) is 0. The molecule has 1 fully saturated rings. The maximum atomic E-state index is 11.9. The molecule has 2 N–H and O–H groups in total. The van der Waals surface area contributed by atoms with E-state index in [0.717, 1.165) is 44.2 Å². The molecular weight excluding hydrogens is 266 g/mol. The lowest BCUT2D eigenvalue weighted by Crippen LogP contribution is -2.35. The molecule has 1 aliphatic carbocycles. The van der Waals surface area contributed by atoms with Gasteiger partial charge in [0.15, 0.2) is 0 Å². The Morgan fingerprint density at radius 3 is 2.62 bits per heavy atom. The third kappa shape index (κ3) is 4.06. The van der Waals surface area contributed by atoms with Gasteiger partial charge in [-0.05, 0) is 45.1 Å². The van der Waals surface area contributed by atoms with Gasteiger partial charge in [0.05, 0.1) is 17.7 Å². The second-order valence-corrected chi connectivity index (χ2v) is 6.33. The van der Waals surface area contributed by atoms with E-state index in [4.69, 9.17) is 0 Å². The highest BCUT2D eigenvalue weighted by Crippen LogP contribution is 2.32. The number of nitrogens with zero attached hydrogens (tertiary/aromatic N) is 2. The van der Waals surface area contributed by atoms with Crippen molar-refractivity contribution in [2.45, 2.75) is 64.4 Å². The molecule has 1 saturated carbocycles. The predicted octanol–water partition coefficient (Wildman–Crippen LogP) is 1.78. The van der Waals surface area contributed by atoms with E-state index >= 15 is 0 Å². The van der Waals surface area contributed by atoms with E-state index in [-0.39, 0.29) is 12.3 Å². The number of hydrogen-bond donors (Lipinski definition) is 2. The Kier molecular flexibility index (Phi) is 5.04. The number of carbonyl (C=O) groups excluding carboxylic acids is 1. The summed E-state index contributed by atoms with van der Waals surface area (Å²) in [6.45, 7) is 4.75. The maximum Gasteiger partial charge on any atom is 0.222 e. The van der Waals surface area contributed by atoms with Gasteiger partial charge in [-0.15, -0.1) is 0 Å². The fourth-order valence-corrected chi connectivity index (χ4v) is 3.24. The minimum absolute atomic E-state index is 0.0287. The zero-order valence-electron chi connectivity index (χ0n) is 13.4. The van der Waals surface area contributed by atoms with Crippen LogP contribution in [0.2, 0.25) is 0 Å². The number of aromatic nitrogens is 2. The number of amides is 1. The summed E-state index contributed by atoms with van der Waals surface area (Å²) < 4.78 is 1.90. The highest BCUT2D eigenvalue weighted by molar-refractivity contribution is 5.77. The van der Waals surface area contributed by atoms with E-state index in [1.54, 1.807) is 0 Å². The summed E-state index contributed by atoms with van der Waals surface area (Å²) in [5.41, 5.74) is 2.79. The van der Waals surface area contributed by atoms with Crippen LogP contribution < -0.4 is 5.32 Å². The molecule has 1 amide bonds. The molecule has 0 aromatic carbocycles. The number of carbonyl (C=O) groups is 1. The molecule has 0 saturated heterocycles. The van der Waals surface area contributed by atoms with Gasteiger partial charge in [-0.2, -0.15) is 5.10 Å². The van der Waals surface area contributed by atoms with E-state index in [9.17, 15) is 9.90 Å². The predicted molar refractivity (Wildman–Crippen MR) is 82.0 cm³/mol. The normalized spacial score (nSPS) is 17.1. The highest BCUT2D eigenvalue weighted by Gasteiger charge is 2.33. The molecular formula is C16H27N3O2. The number of aliphatic hydroxyl groups is 1. The minimum Gasteiger partial charge on any atom is -0.389 e. The Bertz CT molecular complexity index is 502. The smallest absolute Gasteiger partial charge is 0.222 e. The zero-order chi connectivity index (χ0) is 15.5. The molecule has 1 aromatic rings. The van der Waals surface area contributed by atoms with Crippen molar-refractivity contribution >= 4 is 5.91 Å². The molecule has 21 heavy (non-hydrogen) atoms. The molecule has 1 aromatic heterocycles. The van der Waals surface area contributed by atoms with Crippen LogP contribution in [0, 0.1) is 13.8 Å². The Labute approximate surface area is 126 Å². The monoisotopic (exact) mass is 293 g/mol. The Hall–Kier alpha value is -1.36. The van der Waals surface area contributed by atoms with E-state index in [2.05, 4.69) is 17.3 Å². The van der Waals surface area contributed by atoms with Gasteiger partial charge >= 0.3 is 0 Å². The zero-order valence-corrected chi connectivity index (χ0v) is 13.4. The van der Waals surface area contributed by atoms with E-state index in [1.165, 1.54) is 11.3 Å². The van der Waals surface area contributed by atoms with Gasteiger partial charge in [0, 0.05) is 19.3 Å². The lowest BCUT2D eigenvalue weighted by molar-refractivity contribution is -0.125. The van der Waals surface area contributed by atoms with Crippen LogP contribution in [-0.2, 0) is 18.3 Å². The van der Waals surface area contributed by atoms with Crippen LogP contribution in [0.5, 0.6) is 0 Å². The first-order valence-corrected chi connectivity index (χ1v) is 7.89. The van der Waals surface area contributed by atoms with Crippen LogP contribution in [0.15, 0.2) is 0 Å². The van der Waals surface area contributed by atoms with Crippen molar-refractivity contribution in [3.05, 3.63) is 17.0 Å². The SMILES string of the molecule is Cc1nn(C)c(C)c1CCCNC(=O)CC1(O)CCCC1.